The van der Waals surface area contributed by atoms with Crippen molar-refractivity contribution in [1.29, 1.82) is 0 Å². The molecule has 7 heteroatoms. The van der Waals surface area contributed by atoms with Crippen LogP contribution in [0.3, 0.4) is 0 Å². The normalized spacial score (nSPS) is 32.5. The lowest BCUT2D eigenvalue weighted by molar-refractivity contribution is 0.0944. The molecule has 0 radical (unpaired) electrons. The molecule has 0 unspecified atom stereocenters. The van der Waals surface area contributed by atoms with E-state index in [0.29, 0.717) is 25.0 Å². The van der Waals surface area contributed by atoms with Gasteiger partial charge in [-0.25, -0.2) is 13.1 Å². The van der Waals surface area contributed by atoms with Crippen molar-refractivity contribution in [2.45, 2.75) is 30.7 Å². The molecule has 1 N–H and O–H groups in total. The summed E-state index contributed by atoms with van der Waals surface area (Å²) in [6.07, 6.45) is 1.91. The molecule has 4 rings (SSSR count). The van der Waals surface area contributed by atoms with Gasteiger partial charge < -0.3 is 4.74 Å². The number of rotatable bonds is 6. The molecule has 1 aliphatic carbocycles. The van der Waals surface area contributed by atoms with Crippen LogP contribution in [0.2, 0.25) is 0 Å². The smallest absolute Gasteiger partial charge is 0.214 e. The average molecular weight is 342 g/mol. The Kier molecular flexibility index (Phi) is 4.02. The van der Waals surface area contributed by atoms with Crippen molar-refractivity contribution in [1.82, 2.24) is 9.62 Å². The largest absolute Gasteiger partial charge is 0.376 e. The van der Waals surface area contributed by atoms with Crippen molar-refractivity contribution >= 4 is 21.4 Å². The van der Waals surface area contributed by atoms with E-state index in [0.717, 1.165) is 32.5 Å². The molecule has 1 saturated carbocycles. The van der Waals surface area contributed by atoms with Gasteiger partial charge in [-0.05, 0) is 24.3 Å². The Bertz CT molecular complexity index is 613. The van der Waals surface area contributed by atoms with Crippen molar-refractivity contribution in [3.63, 3.8) is 0 Å². The maximum absolute atomic E-state index is 12.0. The summed E-state index contributed by atoms with van der Waals surface area (Å²) in [5.74, 6) is 0.772. The quantitative estimate of drug-likeness (QED) is 0.846. The summed E-state index contributed by atoms with van der Waals surface area (Å²) in [5, 5.41) is 1.97. The van der Waals surface area contributed by atoms with Gasteiger partial charge >= 0.3 is 0 Å². The fourth-order valence-corrected chi connectivity index (χ4v) is 5.75. The van der Waals surface area contributed by atoms with Gasteiger partial charge in [-0.2, -0.15) is 0 Å². The van der Waals surface area contributed by atoms with Crippen LogP contribution in [0, 0.1) is 11.8 Å². The number of thiophene rings is 1. The van der Waals surface area contributed by atoms with E-state index in [1.807, 2.05) is 0 Å². The second-order valence-corrected chi connectivity index (χ2v) is 9.74. The van der Waals surface area contributed by atoms with Gasteiger partial charge in [0.15, 0.2) is 0 Å². The van der Waals surface area contributed by atoms with Gasteiger partial charge in [-0.3, -0.25) is 4.90 Å². The van der Waals surface area contributed by atoms with E-state index in [-0.39, 0.29) is 11.4 Å². The topological polar surface area (TPSA) is 58.6 Å². The maximum atomic E-state index is 12.0. The van der Waals surface area contributed by atoms with Gasteiger partial charge in [0.1, 0.15) is 0 Å². The first-order chi connectivity index (χ1) is 10.6. The van der Waals surface area contributed by atoms with E-state index in [4.69, 9.17) is 4.74 Å². The minimum atomic E-state index is -3.08. The zero-order chi connectivity index (χ0) is 15.2. The molecular formula is C15H22N2O3S2. The second kappa shape index (κ2) is 5.87. The van der Waals surface area contributed by atoms with E-state index in [1.165, 1.54) is 4.88 Å². The van der Waals surface area contributed by atoms with Crippen molar-refractivity contribution in [2.24, 2.45) is 11.8 Å². The minimum Gasteiger partial charge on any atom is -0.376 e. The Labute approximate surface area is 135 Å². The molecule has 3 aliphatic rings. The van der Waals surface area contributed by atoms with Crippen molar-refractivity contribution in [3.05, 3.63) is 22.4 Å². The molecule has 0 aromatic carbocycles. The van der Waals surface area contributed by atoms with E-state index in [9.17, 15) is 8.42 Å². The van der Waals surface area contributed by atoms with Gasteiger partial charge in [-0.15, -0.1) is 11.3 Å². The first-order valence-corrected chi connectivity index (χ1v) is 10.4. The summed E-state index contributed by atoms with van der Waals surface area (Å²) in [7, 11) is -3.08. The highest BCUT2D eigenvalue weighted by atomic mass is 32.2. The third kappa shape index (κ3) is 3.10. The molecule has 2 aliphatic heterocycles. The second-order valence-electron chi connectivity index (χ2n) is 6.66. The number of sulfonamides is 1. The molecule has 1 aromatic rings. The number of hydrogen-bond donors (Lipinski definition) is 1. The summed E-state index contributed by atoms with van der Waals surface area (Å²) in [6.45, 7) is 4.18. The number of hydrogen-bond acceptors (Lipinski definition) is 5. The molecule has 122 valence electrons. The molecule has 3 fully saturated rings. The molecule has 0 spiro atoms. The lowest BCUT2D eigenvalue weighted by Crippen LogP contribution is -2.35. The Morgan fingerprint density at radius 3 is 2.95 bits per heavy atom. The summed E-state index contributed by atoms with van der Waals surface area (Å²) < 4.78 is 32.6. The summed E-state index contributed by atoms with van der Waals surface area (Å²) in [5.41, 5.74) is 0. The van der Waals surface area contributed by atoms with Crippen LogP contribution in [-0.2, 0) is 21.3 Å². The Hall–Kier alpha value is -0.470. The Balaban J connectivity index is 1.32. The van der Waals surface area contributed by atoms with Crippen LogP contribution in [0.25, 0.3) is 0 Å². The molecule has 0 amide bonds. The van der Waals surface area contributed by atoms with Crippen LogP contribution in [0.5, 0.6) is 0 Å². The average Bonchev–Trinajstić information content (AvgIpc) is 2.92. The molecule has 3 heterocycles. The monoisotopic (exact) mass is 342 g/mol. The third-order valence-corrected chi connectivity index (χ3v) is 7.76. The zero-order valence-electron chi connectivity index (χ0n) is 12.5. The van der Waals surface area contributed by atoms with E-state index >= 15 is 0 Å². The predicted octanol–water partition coefficient (Wildman–Crippen LogP) is 1.28. The molecule has 2 saturated heterocycles. The van der Waals surface area contributed by atoms with Crippen LogP contribution in [-0.4, -0.2) is 50.9 Å². The van der Waals surface area contributed by atoms with Crippen molar-refractivity contribution in [2.75, 3.05) is 26.2 Å². The predicted molar refractivity (Wildman–Crippen MR) is 86.3 cm³/mol. The highest BCUT2D eigenvalue weighted by molar-refractivity contribution is 7.90. The SMILES string of the molecule is O=S(=O)(NC[C@@H]1CO[C@@H]2CN(Cc3cccs3)C[C@H]12)C1CC1. The lowest BCUT2D eigenvalue weighted by atomic mass is 9.93. The first-order valence-electron chi connectivity index (χ1n) is 7.96. The fourth-order valence-electron chi connectivity index (χ4n) is 3.56. The number of nitrogens with one attached hydrogen (secondary N) is 1. The van der Waals surface area contributed by atoms with Gasteiger partial charge in [0, 0.05) is 42.9 Å². The van der Waals surface area contributed by atoms with E-state index in [1.54, 1.807) is 11.3 Å². The van der Waals surface area contributed by atoms with E-state index < -0.39 is 10.0 Å². The Morgan fingerprint density at radius 2 is 2.23 bits per heavy atom. The lowest BCUT2D eigenvalue weighted by Gasteiger charge is -2.19. The number of nitrogens with zero attached hydrogens (tertiary/aromatic N) is 1. The third-order valence-electron chi connectivity index (χ3n) is 4.98. The van der Waals surface area contributed by atoms with Gasteiger partial charge in [-0.1, -0.05) is 6.07 Å². The van der Waals surface area contributed by atoms with Gasteiger partial charge in [0.25, 0.3) is 0 Å². The van der Waals surface area contributed by atoms with Crippen LogP contribution in [0.1, 0.15) is 17.7 Å². The minimum absolute atomic E-state index is 0.135. The highest BCUT2D eigenvalue weighted by Crippen LogP contribution is 2.35. The maximum Gasteiger partial charge on any atom is 0.214 e. The van der Waals surface area contributed by atoms with Crippen molar-refractivity contribution in [3.8, 4) is 0 Å². The molecular weight excluding hydrogens is 320 g/mol. The highest BCUT2D eigenvalue weighted by Gasteiger charge is 2.44. The number of ether oxygens (including phenoxy) is 1. The van der Waals surface area contributed by atoms with Crippen LogP contribution in [0.4, 0.5) is 0 Å². The molecule has 5 nitrogen and oxygen atoms in total. The Morgan fingerprint density at radius 1 is 1.36 bits per heavy atom. The summed E-state index contributed by atoms with van der Waals surface area (Å²) in [4.78, 5) is 3.81. The van der Waals surface area contributed by atoms with Crippen LogP contribution >= 0.6 is 11.3 Å². The van der Waals surface area contributed by atoms with Crippen LogP contribution < -0.4 is 4.72 Å². The van der Waals surface area contributed by atoms with Gasteiger partial charge in [0.05, 0.1) is 18.0 Å². The molecule has 0 bridgehead atoms. The number of fused-ring (bicyclic) bond motifs is 1. The number of likely N-dealkylation sites (tertiary alicyclic amines) is 1. The molecule has 1 aromatic heterocycles. The fraction of sp³-hybridized carbons (Fsp3) is 0.733. The summed E-state index contributed by atoms with van der Waals surface area (Å²) in [6, 6.07) is 4.25. The standard InChI is InChI=1S/C15H22N2O3S2/c18-22(19,13-3-4-13)16-6-11-10-20-15-9-17(8-14(11)15)7-12-2-1-5-21-12/h1-2,5,11,13-16H,3-4,6-10H2/t11-,14-,15-/m1/s1. The molecule has 22 heavy (non-hydrogen) atoms. The molecule has 3 atom stereocenters. The first kappa shape index (κ1) is 15.1. The summed E-state index contributed by atoms with van der Waals surface area (Å²) >= 11 is 1.79. The van der Waals surface area contributed by atoms with Crippen LogP contribution in [0.15, 0.2) is 17.5 Å². The zero-order valence-corrected chi connectivity index (χ0v) is 14.1. The van der Waals surface area contributed by atoms with E-state index in [2.05, 4.69) is 27.1 Å². The van der Waals surface area contributed by atoms with Gasteiger partial charge in [0.2, 0.25) is 10.0 Å². The van der Waals surface area contributed by atoms with Crippen molar-refractivity contribution < 1.29 is 13.2 Å².